The third kappa shape index (κ3) is 3.16. The molecule has 0 aliphatic rings. The zero-order chi connectivity index (χ0) is 9.68. The summed E-state index contributed by atoms with van der Waals surface area (Å²) in [7, 11) is 0. The lowest BCUT2D eigenvalue weighted by atomic mass is 10.0. The number of aliphatic hydroxyl groups is 1. The van der Waals surface area contributed by atoms with Gasteiger partial charge in [0.1, 0.15) is 0 Å². The number of imidazole rings is 1. The Morgan fingerprint density at radius 2 is 2.46 bits per heavy atom. The fourth-order valence-electron chi connectivity index (χ4n) is 1.30. The Bertz CT molecular complexity index is 223. The van der Waals surface area contributed by atoms with Crippen molar-refractivity contribution in [1.82, 2.24) is 9.97 Å². The van der Waals surface area contributed by atoms with Gasteiger partial charge in [0.25, 0.3) is 0 Å². The second kappa shape index (κ2) is 4.99. The molecule has 4 nitrogen and oxygen atoms in total. The summed E-state index contributed by atoms with van der Waals surface area (Å²) in [5, 5.41) is 9.56. The van der Waals surface area contributed by atoms with Crippen LogP contribution in [-0.2, 0) is 6.42 Å². The number of aromatic amines is 1. The number of nitrogens with zero attached hydrogens (tertiary/aromatic N) is 1. The van der Waals surface area contributed by atoms with Gasteiger partial charge in [-0.2, -0.15) is 0 Å². The maximum Gasteiger partial charge on any atom is 0.0921 e. The Kier molecular flexibility index (Phi) is 3.92. The lowest BCUT2D eigenvalue weighted by Crippen LogP contribution is -2.36. The summed E-state index contributed by atoms with van der Waals surface area (Å²) in [6.07, 6.45) is 5.31. The topological polar surface area (TPSA) is 74.9 Å². The lowest BCUT2D eigenvalue weighted by Gasteiger charge is -2.16. The van der Waals surface area contributed by atoms with Crippen LogP contribution in [-0.4, -0.2) is 27.2 Å². The van der Waals surface area contributed by atoms with Gasteiger partial charge in [-0.3, -0.25) is 0 Å². The molecule has 0 fully saturated rings. The van der Waals surface area contributed by atoms with Crippen LogP contribution in [0, 0.1) is 0 Å². The Morgan fingerprint density at radius 1 is 1.69 bits per heavy atom. The number of nitrogens with two attached hydrogens (primary N) is 1. The Balaban J connectivity index is 2.36. The molecular formula is C9H17N3O. The van der Waals surface area contributed by atoms with Crippen LogP contribution in [0.2, 0.25) is 0 Å². The molecule has 1 aromatic heterocycles. The molecule has 0 spiro atoms. The molecule has 1 aromatic rings. The first kappa shape index (κ1) is 10.2. The number of aromatic nitrogens is 2. The smallest absolute Gasteiger partial charge is 0.0921 e. The Hall–Kier alpha value is -0.870. The van der Waals surface area contributed by atoms with Gasteiger partial charge in [0.2, 0.25) is 0 Å². The van der Waals surface area contributed by atoms with E-state index in [0.717, 1.165) is 18.5 Å². The highest BCUT2D eigenvalue weighted by Crippen LogP contribution is 2.05. The van der Waals surface area contributed by atoms with Crippen molar-refractivity contribution in [2.75, 3.05) is 0 Å². The Morgan fingerprint density at radius 3 is 3.00 bits per heavy atom. The van der Waals surface area contributed by atoms with Crippen LogP contribution in [0.3, 0.4) is 0 Å². The maximum atomic E-state index is 9.56. The normalized spacial score (nSPS) is 15.6. The van der Waals surface area contributed by atoms with E-state index in [0.29, 0.717) is 6.42 Å². The minimum absolute atomic E-state index is 0.194. The average Bonchev–Trinajstić information content (AvgIpc) is 2.57. The molecule has 4 heteroatoms. The molecule has 1 unspecified atom stereocenters. The number of hydrogen-bond acceptors (Lipinski definition) is 3. The highest BCUT2D eigenvalue weighted by Gasteiger charge is 2.14. The van der Waals surface area contributed by atoms with Gasteiger partial charge in [-0.25, -0.2) is 4.98 Å². The average molecular weight is 183 g/mol. The van der Waals surface area contributed by atoms with Gasteiger partial charge in [0.15, 0.2) is 0 Å². The van der Waals surface area contributed by atoms with Crippen molar-refractivity contribution in [3.05, 3.63) is 18.2 Å². The summed E-state index contributed by atoms with van der Waals surface area (Å²) < 4.78 is 0. The predicted octanol–water partition coefficient (Wildman–Crippen LogP) is 0.440. The molecule has 0 bridgehead atoms. The van der Waals surface area contributed by atoms with Gasteiger partial charge in [-0.1, -0.05) is 13.3 Å². The SMILES string of the molecule is CCCC(O)[C@@H](N)Cc1cnc[nH]1. The van der Waals surface area contributed by atoms with Crippen molar-refractivity contribution in [2.24, 2.45) is 5.73 Å². The van der Waals surface area contributed by atoms with Crippen LogP contribution in [0.15, 0.2) is 12.5 Å². The number of rotatable bonds is 5. The van der Waals surface area contributed by atoms with E-state index in [-0.39, 0.29) is 6.04 Å². The number of nitrogens with one attached hydrogen (secondary N) is 1. The van der Waals surface area contributed by atoms with Crippen molar-refractivity contribution in [2.45, 2.75) is 38.3 Å². The highest BCUT2D eigenvalue weighted by molar-refractivity contribution is 4.98. The molecule has 1 rings (SSSR count). The molecule has 13 heavy (non-hydrogen) atoms. The van der Waals surface area contributed by atoms with E-state index in [4.69, 9.17) is 5.73 Å². The second-order valence-corrected chi connectivity index (χ2v) is 3.30. The minimum atomic E-state index is -0.409. The first-order chi connectivity index (χ1) is 6.24. The molecule has 0 amide bonds. The van der Waals surface area contributed by atoms with E-state index in [2.05, 4.69) is 9.97 Å². The lowest BCUT2D eigenvalue weighted by molar-refractivity contribution is 0.133. The van der Waals surface area contributed by atoms with E-state index >= 15 is 0 Å². The molecule has 0 aliphatic heterocycles. The van der Waals surface area contributed by atoms with Crippen molar-refractivity contribution in [3.63, 3.8) is 0 Å². The molecule has 0 aromatic carbocycles. The minimum Gasteiger partial charge on any atom is -0.392 e. The van der Waals surface area contributed by atoms with Crippen LogP contribution >= 0.6 is 0 Å². The molecular weight excluding hydrogens is 166 g/mol. The highest BCUT2D eigenvalue weighted by atomic mass is 16.3. The van der Waals surface area contributed by atoms with E-state index in [1.54, 1.807) is 12.5 Å². The first-order valence-corrected chi connectivity index (χ1v) is 4.65. The van der Waals surface area contributed by atoms with Crippen molar-refractivity contribution in [1.29, 1.82) is 0 Å². The van der Waals surface area contributed by atoms with Crippen LogP contribution in [0.4, 0.5) is 0 Å². The Labute approximate surface area is 78.2 Å². The molecule has 74 valence electrons. The molecule has 0 saturated heterocycles. The zero-order valence-corrected chi connectivity index (χ0v) is 7.90. The van der Waals surface area contributed by atoms with Crippen molar-refractivity contribution < 1.29 is 5.11 Å². The maximum absolute atomic E-state index is 9.56. The van der Waals surface area contributed by atoms with Gasteiger partial charge in [-0.05, 0) is 6.42 Å². The first-order valence-electron chi connectivity index (χ1n) is 4.65. The van der Waals surface area contributed by atoms with Gasteiger partial charge in [0.05, 0.1) is 12.4 Å². The molecule has 0 saturated carbocycles. The van der Waals surface area contributed by atoms with E-state index in [1.807, 2.05) is 6.92 Å². The zero-order valence-electron chi connectivity index (χ0n) is 7.90. The van der Waals surface area contributed by atoms with Gasteiger partial charge >= 0.3 is 0 Å². The van der Waals surface area contributed by atoms with E-state index < -0.39 is 6.10 Å². The van der Waals surface area contributed by atoms with Crippen molar-refractivity contribution >= 4 is 0 Å². The summed E-state index contributed by atoms with van der Waals surface area (Å²) in [5.74, 6) is 0. The number of H-pyrrole nitrogens is 1. The van der Waals surface area contributed by atoms with E-state index in [1.165, 1.54) is 0 Å². The number of hydrogen-bond donors (Lipinski definition) is 3. The third-order valence-electron chi connectivity index (χ3n) is 2.09. The predicted molar refractivity (Wildman–Crippen MR) is 51.2 cm³/mol. The largest absolute Gasteiger partial charge is 0.392 e. The quantitative estimate of drug-likeness (QED) is 0.620. The fraction of sp³-hybridized carbons (Fsp3) is 0.667. The summed E-state index contributed by atoms with van der Waals surface area (Å²) in [6.45, 7) is 2.03. The van der Waals surface area contributed by atoms with Gasteiger partial charge in [0, 0.05) is 24.4 Å². The van der Waals surface area contributed by atoms with Gasteiger partial charge in [-0.15, -0.1) is 0 Å². The molecule has 0 aliphatic carbocycles. The summed E-state index contributed by atoms with van der Waals surface area (Å²) in [5.41, 5.74) is 6.77. The van der Waals surface area contributed by atoms with Crippen LogP contribution < -0.4 is 5.73 Å². The summed E-state index contributed by atoms with van der Waals surface area (Å²) >= 11 is 0. The van der Waals surface area contributed by atoms with Crippen LogP contribution in [0.1, 0.15) is 25.5 Å². The summed E-state index contributed by atoms with van der Waals surface area (Å²) in [6, 6.07) is -0.194. The number of aliphatic hydroxyl groups excluding tert-OH is 1. The van der Waals surface area contributed by atoms with Gasteiger partial charge < -0.3 is 15.8 Å². The monoisotopic (exact) mass is 183 g/mol. The standard InChI is InChI=1S/C9H17N3O/c1-2-3-9(13)8(10)4-7-5-11-6-12-7/h5-6,8-9,13H,2-4,10H2,1H3,(H,11,12)/t8-,9?/m0/s1. The van der Waals surface area contributed by atoms with Crippen LogP contribution in [0.25, 0.3) is 0 Å². The van der Waals surface area contributed by atoms with E-state index in [9.17, 15) is 5.11 Å². The second-order valence-electron chi connectivity index (χ2n) is 3.30. The molecule has 0 radical (unpaired) electrons. The molecule has 4 N–H and O–H groups in total. The fourth-order valence-corrected chi connectivity index (χ4v) is 1.30. The van der Waals surface area contributed by atoms with Crippen molar-refractivity contribution in [3.8, 4) is 0 Å². The summed E-state index contributed by atoms with van der Waals surface area (Å²) in [4.78, 5) is 6.85. The molecule has 2 atom stereocenters. The third-order valence-corrected chi connectivity index (χ3v) is 2.09. The van der Waals surface area contributed by atoms with Crippen LogP contribution in [0.5, 0.6) is 0 Å². The molecule has 1 heterocycles.